The van der Waals surface area contributed by atoms with Gasteiger partial charge in [0.05, 0.1) is 19.5 Å². The molecule has 0 saturated carbocycles. The minimum absolute atomic E-state index is 0.114. The number of nitrogens with one attached hydrogen (secondary N) is 3. The fourth-order valence-corrected chi connectivity index (χ4v) is 3.65. The second-order valence-corrected chi connectivity index (χ2v) is 8.46. The molecule has 0 radical (unpaired) electrons. The summed E-state index contributed by atoms with van der Waals surface area (Å²) in [7, 11) is -0.493. The van der Waals surface area contributed by atoms with Crippen LogP contribution in [0.2, 0.25) is 0 Å². The summed E-state index contributed by atoms with van der Waals surface area (Å²) in [6.45, 7) is 5.22. The third-order valence-electron chi connectivity index (χ3n) is 5.68. The SMILES string of the molecule is CCCCC(NC(=O)C1CCCN1C(=O)C(C)NC(=O)C(C)NC(=O)CCC(=O)OC)B(O)O. The van der Waals surface area contributed by atoms with E-state index in [9.17, 15) is 34.0 Å². The first-order valence-electron chi connectivity index (χ1n) is 11.6. The van der Waals surface area contributed by atoms with E-state index < -0.39 is 60.8 Å². The van der Waals surface area contributed by atoms with Crippen molar-refractivity contribution < 1.29 is 38.8 Å². The molecule has 5 N–H and O–H groups in total. The lowest BCUT2D eigenvalue weighted by Crippen LogP contribution is -2.57. The first kappa shape index (κ1) is 29.4. The highest BCUT2D eigenvalue weighted by Gasteiger charge is 2.38. The summed E-state index contributed by atoms with van der Waals surface area (Å²) in [6, 6.07) is -2.66. The number of carbonyl (C=O) groups excluding carboxylic acids is 5. The maximum absolute atomic E-state index is 12.9. The minimum atomic E-state index is -1.71. The number of nitrogens with zero attached hydrogens (tertiary/aromatic N) is 1. The highest BCUT2D eigenvalue weighted by atomic mass is 16.5. The third kappa shape index (κ3) is 9.30. The topological polar surface area (TPSA) is 174 Å². The standard InChI is InChI=1S/C21H37BN4O8/c1-5-6-9-16(22(32)33)25-20(30)15-8-7-12-26(15)21(31)14(3)24-19(29)13(2)23-17(27)10-11-18(28)34-4/h13-16,32-33H,5-12H2,1-4H3,(H,23,27)(H,24,29)(H,25,30). The van der Waals surface area contributed by atoms with Crippen LogP contribution in [0.3, 0.4) is 0 Å². The molecule has 192 valence electrons. The predicted octanol–water partition coefficient (Wildman–Crippen LogP) is -1.37. The number of carbonyl (C=O) groups is 5. The van der Waals surface area contributed by atoms with Crippen molar-refractivity contribution in [1.82, 2.24) is 20.9 Å². The summed E-state index contributed by atoms with van der Waals surface area (Å²) in [5.41, 5.74) is 0. The van der Waals surface area contributed by atoms with E-state index >= 15 is 0 Å². The van der Waals surface area contributed by atoms with Crippen molar-refractivity contribution in [2.45, 2.75) is 89.8 Å². The van der Waals surface area contributed by atoms with E-state index in [1.165, 1.54) is 25.9 Å². The molecule has 13 heteroatoms. The Kier molecular flexibility index (Phi) is 12.6. The van der Waals surface area contributed by atoms with Gasteiger partial charge in [-0.25, -0.2) is 0 Å². The van der Waals surface area contributed by atoms with E-state index in [4.69, 9.17) is 0 Å². The van der Waals surface area contributed by atoms with E-state index in [2.05, 4.69) is 20.7 Å². The van der Waals surface area contributed by atoms with Gasteiger partial charge in [-0.3, -0.25) is 24.0 Å². The fraction of sp³-hybridized carbons (Fsp3) is 0.762. The second-order valence-electron chi connectivity index (χ2n) is 8.46. The van der Waals surface area contributed by atoms with E-state index in [-0.39, 0.29) is 12.8 Å². The van der Waals surface area contributed by atoms with Crippen molar-refractivity contribution in [3.63, 3.8) is 0 Å². The first-order chi connectivity index (χ1) is 16.0. The average Bonchev–Trinajstić information content (AvgIpc) is 3.29. The Bertz CT molecular complexity index is 736. The number of likely N-dealkylation sites (tertiary alicyclic amines) is 1. The molecule has 34 heavy (non-hydrogen) atoms. The predicted molar refractivity (Wildman–Crippen MR) is 123 cm³/mol. The Balaban J connectivity index is 2.64. The van der Waals surface area contributed by atoms with Crippen molar-refractivity contribution in [2.75, 3.05) is 13.7 Å². The van der Waals surface area contributed by atoms with Crippen LogP contribution in [0.5, 0.6) is 0 Å². The largest absolute Gasteiger partial charge is 0.475 e. The van der Waals surface area contributed by atoms with Gasteiger partial charge in [0.25, 0.3) is 0 Å². The van der Waals surface area contributed by atoms with Gasteiger partial charge < -0.3 is 35.6 Å². The zero-order valence-electron chi connectivity index (χ0n) is 20.3. The average molecular weight is 484 g/mol. The van der Waals surface area contributed by atoms with Crippen LogP contribution >= 0.6 is 0 Å². The molecule has 12 nitrogen and oxygen atoms in total. The molecule has 4 atom stereocenters. The maximum atomic E-state index is 12.9. The zero-order valence-corrected chi connectivity index (χ0v) is 20.3. The summed E-state index contributed by atoms with van der Waals surface area (Å²) in [5.74, 6) is -3.39. The lowest BCUT2D eigenvalue weighted by atomic mass is 9.76. The Morgan fingerprint density at radius 1 is 1.06 bits per heavy atom. The number of amides is 4. The van der Waals surface area contributed by atoms with E-state index in [0.717, 1.165) is 6.42 Å². The maximum Gasteiger partial charge on any atom is 0.475 e. The Morgan fingerprint density at radius 3 is 2.32 bits per heavy atom. The summed E-state index contributed by atoms with van der Waals surface area (Å²) < 4.78 is 4.46. The number of esters is 1. The van der Waals surface area contributed by atoms with Crippen LogP contribution in [0, 0.1) is 0 Å². The van der Waals surface area contributed by atoms with Crippen molar-refractivity contribution in [2.24, 2.45) is 0 Å². The molecular formula is C21H37BN4O8. The lowest BCUT2D eigenvalue weighted by Gasteiger charge is -2.29. The molecule has 1 rings (SSSR count). The molecule has 0 aliphatic carbocycles. The minimum Gasteiger partial charge on any atom is -0.469 e. The molecule has 1 aliphatic rings. The van der Waals surface area contributed by atoms with Gasteiger partial charge in [0, 0.05) is 13.0 Å². The smallest absolute Gasteiger partial charge is 0.469 e. The Morgan fingerprint density at radius 2 is 1.74 bits per heavy atom. The first-order valence-corrected chi connectivity index (χ1v) is 11.6. The molecule has 0 aromatic rings. The van der Waals surface area contributed by atoms with Crippen LogP contribution in [0.4, 0.5) is 0 Å². The summed E-state index contributed by atoms with van der Waals surface area (Å²) >= 11 is 0. The van der Waals surface area contributed by atoms with Crippen molar-refractivity contribution in [3.05, 3.63) is 0 Å². The summed E-state index contributed by atoms with van der Waals surface area (Å²) in [6.07, 6.45) is 2.70. The fourth-order valence-electron chi connectivity index (χ4n) is 3.65. The van der Waals surface area contributed by atoms with Gasteiger partial charge in [-0.05, 0) is 33.1 Å². The lowest BCUT2D eigenvalue weighted by molar-refractivity contribution is -0.142. The highest BCUT2D eigenvalue weighted by Crippen LogP contribution is 2.19. The second kappa shape index (κ2) is 14.6. The monoisotopic (exact) mass is 484 g/mol. The van der Waals surface area contributed by atoms with Crippen molar-refractivity contribution >= 4 is 36.7 Å². The molecule has 4 unspecified atom stereocenters. The molecule has 4 amide bonds. The van der Waals surface area contributed by atoms with Crippen LogP contribution in [-0.4, -0.2) is 89.4 Å². The van der Waals surface area contributed by atoms with Gasteiger partial charge >= 0.3 is 13.1 Å². The van der Waals surface area contributed by atoms with Gasteiger partial charge in [-0.1, -0.05) is 19.8 Å². The number of hydrogen-bond donors (Lipinski definition) is 5. The van der Waals surface area contributed by atoms with E-state index in [0.29, 0.717) is 32.2 Å². The number of unbranched alkanes of at least 4 members (excludes halogenated alkanes) is 1. The number of hydrogen-bond acceptors (Lipinski definition) is 8. The van der Waals surface area contributed by atoms with E-state index in [1.54, 1.807) is 0 Å². The Labute approximate surface area is 200 Å². The number of ether oxygens (including phenoxy) is 1. The van der Waals surface area contributed by atoms with Crippen LogP contribution < -0.4 is 16.0 Å². The summed E-state index contributed by atoms with van der Waals surface area (Å²) in [4.78, 5) is 62.5. The van der Waals surface area contributed by atoms with Gasteiger partial charge in [0.1, 0.15) is 18.1 Å². The molecule has 0 bridgehead atoms. The van der Waals surface area contributed by atoms with Gasteiger partial charge in [0.15, 0.2) is 0 Å². The molecule has 1 fully saturated rings. The number of rotatable bonds is 13. The molecule has 1 aliphatic heterocycles. The zero-order chi connectivity index (χ0) is 25.8. The van der Waals surface area contributed by atoms with Gasteiger partial charge in [-0.15, -0.1) is 0 Å². The van der Waals surface area contributed by atoms with Gasteiger partial charge in [0.2, 0.25) is 23.6 Å². The van der Waals surface area contributed by atoms with Crippen LogP contribution in [0.15, 0.2) is 0 Å². The van der Waals surface area contributed by atoms with Gasteiger partial charge in [-0.2, -0.15) is 0 Å². The normalized spacial score (nSPS) is 17.8. The van der Waals surface area contributed by atoms with Crippen molar-refractivity contribution in [1.29, 1.82) is 0 Å². The van der Waals surface area contributed by atoms with Crippen LogP contribution in [0.1, 0.15) is 65.7 Å². The molecule has 0 aromatic carbocycles. The van der Waals surface area contributed by atoms with E-state index in [1.807, 2.05) is 6.92 Å². The number of methoxy groups -OCH3 is 1. The highest BCUT2D eigenvalue weighted by molar-refractivity contribution is 6.43. The Hall–Kier alpha value is -2.67. The van der Waals surface area contributed by atoms with Crippen LogP contribution in [-0.2, 0) is 28.7 Å². The van der Waals surface area contributed by atoms with Crippen LogP contribution in [0.25, 0.3) is 0 Å². The third-order valence-corrected chi connectivity index (χ3v) is 5.68. The van der Waals surface area contributed by atoms with Crippen molar-refractivity contribution in [3.8, 4) is 0 Å². The molecular weight excluding hydrogens is 447 g/mol. The molecule has 1 saturated heterocycles. The molecule has 0 aromatic heterocycles. The quantitative estimate of drug-likeness (QED) is 0.157. The summed E-state index contributed by atoms with van der Waals surface area (Å²) in [5, 5.41) is 26.7. The molecule has 0 spiro atoms. The molecule has 1 heterocycles.